The van der Waals surface area contributed by atoms with Crippen LogP contribution in [-0.2, 0) is 11.2 Å². The smallest absolute Gasteiger partial charge is 0.309 e. The first kappa shape index (κ1) is 13.3. The average molecular weight is 259 g/mol. The molecule has 19 heavy (non-hydrogen) atoms. The summed E-state index contributed by atoms with van der Waals surface area (Å²) in [5, 5.41) is 17.2. The summed E-state index contributed by atoms with van der Waals surface area (Å²) in [6, 6.07) is 7.90. The first-order valence-electron chi connectivity index (χ1n) is 6.10. The Morgan fingerprint density at radius 1 is 1.42 bits per heavy atom. The van der Waals surface area contributed by atoms with Gasteiger partial charge >= 0.3 is 5.97 Å². The van der Waals surface area contributed by atoms with Gasteiger partial charge in [0.15, 0.2) is 0 Å². The number of aliphatic carboxylic acids is 1. The van der Waals surface area contributed by atoms with Crippen LogP contribution in [0.25, 0.3) is 5.69 Å². The van der Waals surface area contributed by atoms with Gasteiger partial charge in [0, 0.05) is 6.42 Å². The van der Waals surface area contributed by atoms with Crippen molar-refractivity contribution in [3.8, 4) is 5.69 Å². The standard InChI is InChI=1S/C14H17N3O2/c1-10-5-4-6-12(7-10)17-9-11(15-16-17)8-14(2,3)13(18)19/h4-7,9H,8H2,1-3H3,(H,18,19). The van der Waals surface area contributed by atoms with Gasteiger partial charge in [0.05, 0.1) is 23.0 Å². The molecule has 1 heterocycles. The van der Waals surface area contributed by atoms with Crippen LogP contribution in [0.2, 0.25) is 0 Å². The Morgan fingerprint density at radius 2 is 2.16 bits per heavy atom. The zero-order valence-electron chi connectivity index (χ0n) is 11.3. The maximum atomic E-state index is 11.1. The van der Waals surface area contributed by atoms with Crippen molar-refractivity contribution in [3.63, 3.8) is 0 Å². The molecule has 2 aromatic rings. The Hall–Kier alpha value is -2.17. The first-order chi connectivity index (χ1) is 8.88. The second-order valence-corrected chi connectivity index (χ2v) is 5.36. The monoisotopic (exact) mass is 259 g/mol. The van der Waals surface area contributed by atoms with Crippen LogP contribution in [0.1, 0.15) is 25.1 Å². The Bertz CT molecular complexity index is 602. The van der Waals surface area contributed by atoms with E-state index >= 15 is 0 Å². The van der Waals surface area contributed by atoms with Crippen molar-refractivity contribution in [1.29, 1.82) is 0 Å². The summed E-state index contributed by atoms with van der Waals surface area (Å²) in [5.74, 6) is -0.836. The summed E-state index contributed by atoms with van der Waals surface area (Å²) < 4.78 is 1.67. The lowest BCUT2D eigenvalue weighted by Gasteiger charge is -2.16. The van der Waals surface area contributed by atoms with Crippen molar-refractivity contribution in [2.75, 3.05) is 0 Å². The Morgan fingerprint density at radius 3 is 2.79 bits per heavy atom. The lowest BCUT2D eigenvalue weighted by atomic mass is 9.88. The molecule has 0 fully saturated rings. The lowest BCUT2D eigenvalue weighted by Crippen LogP contribution is -2.26. The second-order valence-electron chi connectivity index (χ2n) is 5.36. The highest BCUT2D eigenvalue weighted by molar-refractivity contribution is 5.73. The molecular weight excluding hydrogens is 242 g/mol. The molecule has 0 aliphatic heterocycles. The molecule has 0 spiro atoms. The highest BCUT2D eigenvalue weighted by atomic mass is 16.4. The second kappa shape index (κ2) is 4.84. The fourth-order valence-corrected chi connectivity index (χ4v) is 1.80. The third-order valence-corrected chi connectivity index (χ3v) is 3.01. The minimum atomic E-state index is -0.840. The number of nitrogens with zero attached hydrogens (tertiary/aromatic N) is 3. The normalized spacial score (nSPS) is 11.5. The minimum absolute atomic E-state index is 0.355. The molecule has 1 aromatic carbocycles. The van der Waals surface area contributed by atoms with Crippen molar-refractivity contribution in [2.24, 2.45) is 5.41 Å². The molecule has 5 heteroatoms. The van der Waals surface area contributed by atoms with Gasteiger partial charge in [0.2, 0.25) is 0 Å². The Labute approximate surface area is 111 Å². The predicted molar refractivity (Wildman–Crippen MR) is 71.2 cm³/mol. The summed E-state index contributed by atoms with van der Waals surface area (Å²) in [6.45, 7) is 5.37. The zero-order valence-corrected chi connectivity index (χ0v) is 11.3. The number of carboxylic acid groups (broad SMARTS) is 1. The molecule has 0 amide bonds. The quantitative estimate of drug-likeness (QED) is 0.914. The largest absolute Gasteiger partial charge is 0.481 e. The van der Waals surface area contributed by atoms with E-state index in [1.807, 2.05) is 31.2 Å². The van der Waals surface area contributed by atoms with E-state index < -0.39 is 11.4 Å². The number of carbonyl (C=O) groups is 1. The number of hydrogen-bond donors (Lipinski definition) is 1. The number of aromatic nitrogens is 3. The van der Waals surface area contributed by atoms with Crippen LogP contribution < -0.4 is 0 Å². The summed E-state index contributed by atoms with van der Waals surface area (Å²) in [5.41, 5.74) is 1.90. The van der Waals surface area contributed by atoms with Crippen LogP contribution in [0.3, 0.4) is 0 Å². The van der Waals surface area contributed by atoms with Gasteiger partial charge in [0.1, 0.15) is 0 Å². The third-order valence-electron chi connectivity index (χ3n) is 3.01. The molecule has 0 aliphatic carbocycles. The molecule has 0 aliphatic rings. The molecule has 1 N–H and O–H groups in total. The van der Waals surface area contributed by atoms with Gasteiger partial charge in [0.25, 0.3) is 0 Å². The molecule has 0 radical (unpaired) electrons. The van der Waals surface area contributed by atoms with Gasteiger partial charge in [-0.3, -0.25) is 4.79 Å². The zero-order chi connectivity index (χ0) is 14.0. The SMILES string of the molecule is Cc1cccc(-n2cc(CC(C)(C)C(=O)O)nn2)c1. The highest BCUT2D eigenvalue weighted by Crippen LogP contribution is 2.21. The van der Waals surface area contributed by atoms with Crippen LogP contribution in [-0.4, -0.2) is 26.1 Å². The van der Waals surface area contributed by atoms with Crippen molar-refractivity contribution in [3.05, 3.63) is 41.7 Å². The minimum Gasteiger partial charge on any atom is -0.481 e. The summed E-state index contributed by atoms with van der Waals surface area (Å²) in [7, 11) is 0. The summed E-state index contributed by atoms with van der Waals surface area (Å²) >= 11 is 0. The van der Waals surface area contributed by atoms with E-state index in [9.17, 15) is 4.79 Å². The Kier molecular flexibility index (Phi) is 3.38. The van der Waals surface area contributed by atoms with E-state index in [0.29, 0.717) is 12.1 Å². The van der Waals surface area contributed by atoms with E-state index in [1.165, 1.54) is 0 Å². The number of carboxylic acids is 1. The van der Waals surface area contributed by atoms with E-state index in [1.54, 1.807) is 24.7 Å². The molecule has 0 bridgehead atoms. The number of aryl methyl sites for hydroxylation is 1. The molecule has 0 atom stereocenters. The summed E-state index contributed by atoms with van der Waals surface area (Å²) in [6.07, 6.45) is 2.13. The van der Waals surface area contributed by atoms with Crippen LogP contribution in [0.4, 0.5) is 0 Å². The molecule has 0 unspecified atom stereocenters. The molecule has 2 rings (SSSR count). The van der Waals surface area contributed by atoms with Crippen LogP contribution >= 0.6 is 0 Å². The van der Waals surface area contributed by atoms with Gasteiger partial charge in [-0.05, 0) is 38.5 Å². The maximum absolute atomic E-state index is 11.1. The van der Waals surface area contributed by atoms with Crippen LogP contribution in [0.15, 0.2) is 30.5 Å². The van der Waals surface area contributed by atoms with E-state index in [-0.39, 0.29) is 0 Å². The molecule has 100 valence electrons. The average Bonchev–Trinajstić information content (AvgIpc) is 2.76. The molecule has 1 aromatic heterocycles. The summed E-state index contributed by atoms with van der Waals surface area (Å²) in [4.78, 5) is 11.1. The van der Waals surface area contributed by atoms with Crippen LogP contribution in [0.5, 0.6) is 0 Å². The van der Waals surface area contributed by atoms with E-state index in [4.69, 9.17) is 5.11 Å². The molecular formula is C14H17N3O2. The fraction of sp³-hybridized carbons (Fsp3) is 0.357. The van der Waals surface area contributed by atoms with Crippen molar-refractivity contribution >= 4 is 5.97 Å². The van der Waals surface area contributed by atoms with Gasteiger partial charge in [-0.15, -0.1) is 5.10 Å². The van der Waals surface area contributed by atoms with Crippen molar-refractivity contribution in [2.45, 2.75) is 27.2 Å². The Balaban J connectivity index is 2.23. The van der Waals surface area contributed by atoms with Gasteiger partial charge in [-0.1, -0.05) is 17.3 Å². The number of hydrogen-bond acceptors (Lipinski definition) is 3. The first-order valence-corrected chi connectivity index (χ1v) is 6.10. The van der Waals surface area contributed by atoms with Crippen LogP contribution in [0, 0.1) is 12.3 Å². The highest BCUT2D eigenvalue weighted by Gasteiger charge is 2.28. The van der Waals surface area contributed by atoms with E-state index in [0.717, 1.165) is 11.3 Å². The molecule has 5 nitrogen and oxygen atoms in total. The number of benzene rings is 1. The maximum Gasteiger partial charge on any atom is 0.309 e. The lowest BCUT2D eigenvalue weighted by molar-refractivity contribution is -0.146. The fourth-order valence-electron chi connectivity index (χ4n) is 1.80. The topological polar surface area (TPSA) is 68.0 Å². The third kappa shape index (κ3) is 2.99. The van der Waals surface area contributed by atoms with Crippen molar-refractivity contribution < 1.29 is 9.90 Å². The molecule has 0 saturated heterocycles. The number of rotatable bonds is 4. The van der Waals surface area contributed by atoms with Gasteiger partial charge in [-0.2, -0.15) is 0 Å². The van der Waals surface area contributed by atoms with Crippen molar-refractivity contribution in [1.82, 2.24) is 15.0 Å². The predicted octanol–water partition coefficient (Wildman–Crippen LogP) is 2.23. The van der Waals surface area contributed by atoms with Gasteiger partial charge in [-0.25, -0.2) is 4.68 Å². The van der Waals surface area contributed by atoms with E-state index in [2.05, 4.69) is 10.3 Å². The molecule has 0 saturated carbocycles. The van der Waals surface area contributed by atoms with Gasteiger partial charge < -0.3 is 5.11 Å².